The molecule has 0 nitrogen and oxygen atoms in total. The maximum atomic E-state index is 4.13. The van der Waals surface area contributed by atoms with Crippen LogP contribution in [0.1, 0.15) is 0 Å². The third-order valence-electron chi connectivity index (χ3n) is 0.574. The van der Waals surface area contributed by atoms with Crippen LogP contribution >= 0.6 is 48.8 Å². The van der Waals surface area contributed by atoms with Gasteiger partial charge in [0, 0.05) is 5.08 Å². The third kappa shape index (κ3) is 1.52. The summed E-state index contributed by atoms with van der Waals surface area (Å²) in [6, 6.07) is 0. The van der Waals surface area contributed by atoms with E-state index in [2.05, 4.69) is 25.3 Å². The second kappa shape index (κ2) is 2.62. The van der Waals surface area contributed by atoms with Crippen molar-refractivity contribution in [2.75, 3.05) is 5.08 Å². The van der Waals surface area contributed by atoms with Gasteiger partial charge in [0.15, 0.2) is 0 Å². The fourth-order valence-corrected chi connectivity index (χ4v) is 3.33. The summed E-state index contributed by atoms with van der Waals surface area (Å²) in [6.45, 7) is 0. The van der Waals surface area contributed by atoms with Crippen LogP contribution < -0.4 is 0 Å². The first-order valence-electron chi connectivity index (χ1n) is 1.68. The zero-order chi connectivity index (χ0) is 5.28. The highest BCUT2D eigenvalue weighted by molar-refractivity contribution is 8.32. The molecule has 0 atom stereocenters. The van der Waals surface area contributed by atoms with E-state index in [1.807, 2.05) is 0 Å². The lowest BCUT2D eigenvalue weighted by molar-refractivity contribution is 2.33. The van der Waals surface area contributed by atoms with Crippen LogP contribution in [-0.2, 0) is 0 Å². The highest BCUT2D eigenvalue weighted by atomic mass is 32.2. The van der Waals surface area contributed by atoms with Gasteiger partial charge < -0.3 is 0 Å². The Hall–Kier alpha value is 1.14. The van der Waals surface area contributed by atoms with Gasteiger partial charge in [0.1, 0.15) is 0 Å². The van der Waals surface area contributed by atoms with Gasteiger partial charge in [-0.25, -0.2) is 0 Å². The van der Waals surface area contributed by atoms with Crippen molar-refractivity contribution in [1.29, 1.82) is 0 Å². The molecule has 0 N–H and O–H groups in total. The second-order valence-corrected chi connectivity index (χ2v) is 4.85. The molecule has 0 saturated heterocycles. The predicted molar refractivity (Wildman–Crippen MR) is 45.0 cm³/mol. The molecule has 1 aliphatic rings. The highest BCUT2D eigenvalue weighted by Gasteiger charge is 2.07. The molecule has 0 aromatic carbocycles. The van der Waals surface area contributed by atoms with Crippen LogP contribution in [0.2, 0.25) is 0 Å². The van der Waals surface area contributed by atoms with Gasteiger partial charge in [-0.1, -0.05) is 0 Å². The summed E-state index contributed by atoms with van der Waals surface area (Å²) in [6.07, 6.45) is 0. The molecule has 7 heavy (non-hydrogen) atoms. The van der Waals surface area contributed by atoms with E-state index in [4.69, 9.17) is 0 Å². The Morgan fingerprint density at radius 2 is 1.57 bits per heavy atom. The summed E-state index contributed by atoms with van der Waals surface area (Å²) in [5.41, 5.74) is 0. The number of hydrogen-bond donors (Lipinski definition) is 2. The minimum absolute atomic E-state index is 1.06. The second-order valence-electron chi connectivity index (χ2n) is 1.02. The van der Waals surface area contributed by atoms with E-state index < -0.39 is 0 Å². The first-order valence-corrected chi connectivity index (χ1v) is 4.55. The van der Waals surface area contributed by atoms with E-state index >= 15 is 0 Å². The maximum Gasteiger partial charge on any atom is 0.0577 e. The third-order valence-corrected chi connectivity index (χ3v) is 4.30. The summed E-state index contributed by atoms with van der Waals surface area (Å²) in [5.74, 6) is 0. The van der Waals surface area contributed by atoms with Gasteiger partial charge in [0.05, 0.1) is 8.47 Å². The van der Waals surface area contributed by atoms with Gasteiger partial charge in [-0.15, -0.1) is 48.8 Å². The van der Waals surface area contributed by atoms with E-state index in [-0.39, 0.29) is 0 Å². The molecule has 0 saturated carbocycles. The van der Waals surface area contributed by atoms with E-state index in [0.29, 0.717) is 0 Å². The molecular weight excluding hydrogens is 164 g/mol. The minimum atomic E-state index is 1.06. The van der Waals surface area contributed by atoms with Crippen molar-refractivity contribution in [2.45, 2.75) is 0 Å². The zero-order valence-corrected chi connectivity index (χ0v) is 6.84. The molecule has 40 valence electrons. The molecule has 0 aliphatic carbocycles. The number of thiol groups is 2. The molecule has 1 heterocycles. The molecule has 1 aliphatic heterocycles. The van der Waals surface area contributed by atoms with Gasteiger partial charge in [0.2, 0.25) is 0 Å². The lowest BCUT2D eigenvalue weighted by atomic mass is 11.2. The molecule has 0 amide bonds. The first kappa shape index (κ1) is 6.26. The Labute approximate surface area is 62.3 Å². The molecule has 0 unspecified atom stereocenters. The van der Waals surface area contributed by atoms with Crippen molar-refractivity contribution < 1.29 is 0 Å². The van der Waals surface area contributed by atoms with Gasteiger partial charge in [-0.2, -0.15) is 0 Å². The topological polar surface area (TPSA) is 0 Å². The quantitative estimate of drug-likeness (QED) is 0.533. The molecule has 0 bridgehead atoms. The van der Waals surface area contributed by atoms with E-state index in [1.54, 1.807) is 23.5 Å². The standard InChI is InChI=1S/C3H4S4/c4-2-3(5)7-1-6-2/h4-5H,1H2. The smallest absolute Gasteiger partial charge is 0.0577 e. The lowest BCUT2D eigenvalue weighted by Gasteiger charge is -1.82. The van der Waals surface area contributed by atoms with Crippen LogP contribution in [0.25, 0.3) is 0 Å². The summed E-state index contributed by atoms with van der Waals surface area (Å²) < 4.78 is 2.13. The largest absolute Gasteiger partial charge is 0.135 e. The van der Waals surface area contributed by atoms with Crippen molar-refractivity contribution in [1.82, 2.24) is 0 Å². The molecule has 0 aromatic rings. The van der Waals surface area contributed by atoms with Gasteiger partial charge in [-0.05, 0) is 0 Å². The Morgan fingerprint density at radius 3 is 1.71 bits per heavy atom. The van der Waals surface area contributed by atoms with Crippen molar-refractivity contribution in [2.24, 2.45) is 0 Å². The van der Waals surface area contributed by atoms with Crippen LogP contribution in [0, 0.1) is 0 Å². The highest BCUT2D eigenvalue weighted by Crippen LogP contribution is 2.42. The molecule has 4 heteroatoms. The summed E-state index contributed by atoms with van der Waals surface area (Å²) in [7, 11) is 0. The SMILES string of the molecule is SC1=C(S)SCS1. The fourth-order valence-electron chi connectivity index (χ4n) is 0.265. The number of thioether (sulfide) groups is 2. The molecule has 0 spiro atoms. The summed E-state index contributed by atoms with van der Waals surface area (Å²) in [4.78, 5) is 0. The van der Waals surface area contributed by atoms with Gasteiger partial charge >= 0.3 is 0 Å². The number of hydrogen-bond acceptors (Lipinski definition) is 4. The van der Waals surface area contributed by atoms with Gasteiger partial charge in [-0.3, -0.25) is 0 Å². The Morgan fingerprint density at radius 1 is 1.14 bits per heavy atom. The number of rotatable bonds is 0. The van der Waals surface area contributed by atoms with Crippen molar-refractivity contribution in [3.05, 3.63) is 8.47 Å². The molecule has 0 radical (unpaired) electrons. The van der Waals surface area contributed by atoms with Crippen LogP contribution in [-0.4, -0.2) is 5.08 Å². The molecule has 1 rings (SSSR count). The summed E-state index contributed by atoms with van der Waals surface area (Å²) >= 11 is 11.7. The summed E-state index contributed by atoms with van der Waals surface area (Å²) in [5, 5.41) is 1.08. The normalized spacial score (nSPS) is 21.4. The molecular formula is C3H4S4. The monoisotopic (exact) mass is 168 g/mol. The maximum absolute atomic E-state index is 4.13. The van der Waals surface area contributed by atoms with Crippen molar-refractivity contribution in [3.8, 4) is 0 Å². The van der Waals surface area contributed by atoms with Crippen LogP contribution in [0.15, 0.2) is 8.47 Å². The predicted octanol–water partition coefficient (Wildman–Crippen LogP) is 2.41. The van der Waals surface area contributed by atoms with Crippen LogP contribution in [0.3, 0.4) is 0 Å². The lowest BCUT2D eigenvalue weighted by Crippen LogP contribution is -1.49. The van der Waals surface area contributed by atoms with Crippen molar-refractivity contribution >= 4 is 48.8 Å². The van der Waals surface area contributed by atoms with Gasteiger partial charge in [0.25, 0.3) is 0 Å². The van der Waals surface area contributed by atoms with E-state index in [0.717, 1.165) is 13.6 Å². The van der Waals surface area contributed by atoms with Crippen LogP contribution in [0.5, 0.6) is 0 Å². The first-order chi connectivity index (χ1) is 3.30. The van der Waals surface area contributed by atoms with Crippen LogP contribution in [0.4, 0.5) is 0 Å². The zero-order valence-electron chi connectivity index (χ0n) is 3.42. The Balaban J connectivity index is 2.64. The van der Waals surface area contributed by atoms with Crippen molar-refractivity contribution in [3.63, 3.8) is 0 Å². The minimum Gasteiger partial charge on any atom is -0.135 e. The Kier molecular flexibility index (Phi) is 2.34. The average Bonchev–Trinajstić information content (AvgIpc) is 1.91. The van der Waals surface area contributed by atoms with E-state index in [9.17, 15) is 0 Å². The van der Waals surface area contributed by atoms with E-state index in [1.165, 1.54) is 0 Å². The fraction of sp³-hybridized carbons (Fsp3) is 0.333. The Bertz CT molecular complexity index is 93.5. The average molecular weight is 168 g/mol. The molecule has 0 aromatic heterocycles. The molecule has 0 fully saturated rings.